The Kier molecular flexibility index (Phi) is 6.67. The highest BCUT2D eigenvalue weighted by atomic mass is 35.5. The Morgan fingerprint density at radius 3 is 2.72 bits per heavy atom. The fourth-order valence-electron chi connectivity index (χ4n) is 3.37. The van der Waals surface area contributed by atoms with Gasteiger partial charge in [-0.1, -0.05) is 12.1 Å². The van der Waals surface area contributed by atoms with Crippen molar-refractivity contribution in [3.05, 3.63) is 24.3 Å². The predicted octanol–water partition coefficient (Wildman–Crippen LogP) is 1.82. The molecule has 0 aliphatic carbocycles. The van der Waals surface area contributed by atoms with Gasteiger partial charge in [-0.05, 0) is 45.0 Å². The van der Waals surface area contributed by atoms with Crippen molar-refractivity contribution >= 4 is 29.9 Å². The van der Waals surface area contributed by atoms with Gasteiger partial charge in [0.2, 0.25) is 5.91 Å². The van der Waals surface area contributed by atoms with Crippen LogP contribution in [0.1, 0.15) is 26.2 Å². The van der Waals surface area contributed by atoms with E-state index in [4.69, 9.17) is 4.74 Å². The number of rotatable bonds is 4. The van der Waals surface area contributed by atoms with Gasteiger partial charge in [0.1, 0.15) is 5.75 Å². The third-order valence-corrected chi connectivity index (χ3v) is 4.87. The van der Waals surface area contributed by atoms with Crippen LogP contribution in [0.25, 0.3) is 0 Å². The van der Waals surface area contributed by atoms with Crippen LogP contribution in [0.3, 0.4) is 0 Å². The number of ether oxygens (including phenoxy) is 1. The maximum atomic E-state index is 12.5. The zero-order valence-electron chi connectivity index (χ0n) is 14.7. The lowest BCUT2D eigenvalue weighted by atomic mass is 10.0. The summed E-state index contributed by atoms with van der Waals surface area (Å²) >= 11 is 0. The molecule has 0 spiro atoms. The van der Waals surface area contributed by atoms with Gasteiger partial charge in [0, 0.05) is 26.1 Å². The van der Waals surface area contributed by atoms with Crippen LogP contribution in [-0.4, -0.2) is 55.5 Å². The summed E-state index contributed by atoms with van der Waals surface area (Å²) in [7, 11) is 1.87. The lowest BCUT2D eigenvalue weighted by Crippen LogP contribution is -2.47. The first kappa shape index (κ1) is 19.5. The number of nitrogens with zero attached hydrogens (tertiary/aromatic N) is 2. The van der Waals surface area contributed by atoms with E-state index in [1.807, 2.05) is 36.2 Å². The number of halogens is 1. The summed E-state index contributed by atoms with van der Waals surface area (Å²) in [5.74, 6) is 0.695. The van der Waals surface area contributed by atoms with Crippen molar-refractivity contribution in [3.8, 4) is 5.75 Å². The van der Waals surface area contributed by atoms with Crippen LogP contribution < -0.4 is 15.0 Å². The average Bonchev–Trinajstić information content (AvgIpc) is 2.62. The average molecular weight is 368 g/mol. The summed E-state index contributed by atoms with van der Waals surface area (Å²) in [6.07, 6.45) is 1.78. The minimum atomic E-state index is -0.517. The smallest absolute Gasteiger partial charge is 0.267 e. The third kappa shape index (κ3) is 4.25. The molecular formula is C18H26ClN3O3. The Labute approximate surface area is 154 Å². The molecule has 0 radical (unpaired) electrons. The molecule has 1 fully saturated rings. The van der Waals surface area contributed by atoms with E-state index in [0.717, 1.165) is 31.6 Å². The topological polar surface area (TPSA) is 61.9 Å². The van der Waals surface area contributed by atoms with E-state index in [1.54, 1.807) is 11.8 Å². The van der Waals surface area contributed by atoms with E-state index in [0.29, 0.717) is 24.8 Å². The van der Waals surface area contributed by atoms with E-state index < -0.39 is 6.10 Å². The number of para-hydroxylation sites is 2. The van der Waals surface area contributed by atoms with Crippen molar-refractivity contribution in [2.24, 2.45) is 0 Å². The molecule has 1 saturated heterocycles. The first-order chi connectivity index (χ1) is 11.6. The molecule has 2 aliphatic heterocycles. The van der Waals surface area contributed by atoms with Crippen molar-refractivity contribution < 1.29 is 14.3 Å². The monoisotopic (exact) mass is 367 g/mol. The van der Waals surface area contributed by atoms with Crippen LogP contribution in [0.15, 0.2) is 24.3 Å². The van der Waals surface area contributed by atoms with Gasteiger partial charge in [0.25, 0.3) is 5.91 Å². The molecule has 2 aliphatic rings. The van der Waals surface area contributed by atoms with Crippen LogP contribution in [-0.2, 0) is 9.59 Å². The minimum Gasteiger partial charge on any atom is -0.479 e. The summed E-state index contributed by atoms with van der Waals surface area (Å²) in [6, 6.07) is 7.77. The number of benzene rings is 1. The van der Waals surface area contributed by atoms with Crippen LogP contribution in [0.2, 0.25) is 0 Å². The number of hydrogen-bond acceptors (Lipinski definition) is 4. The van der Waals surface area contributed by atoms with Crippen molar-refractivity contribution in [2.75, 3.05) is 31.6 Å². The predicted molar refractivity (Wildman–Crippen MR) is 99.4 cm³/mol. The van der Waals surface area contributed by atoms with Crippen LogP contribution >= 0.6 is 12.4 Å². The minimum absolute atomic E-state index is 0. The van der Waals surface area contributed by atoms with Crippen LogP contribution in [0.4, 0.5) is 5.69 Å². The van der Waals surface area contributed by atoms with Gasteiger partial charge in [-0.2, -0.15) is 0 Å². The molecule has 1 aromatic rings. The maximum absolute atomic E-state index is 12.5. The Balaban J connectivity index is 0.00000225. The van der Waals surface area contributed by atoms with Crippen molar-refractivity contribution in [2.45, 2.75) is 38.3 Å². The molecule has 2 amide bonds. The number of fused-ring (bicyclic) bond motifs is 1. The largest absolute Gasteiger partial charge is 0.479 e. The van der Waals surface area contributed by atoms with E-state index in [9.17, 15) is 9.59 Å². The standard InChI is InChI=1S/C18H25N3O3.ClH/c1-13-18(23)21(15-5-3-4-6-16(15)24-13)12-9-17(22)20(2)14-7-10-19-11-8-14;/h3-6,13-14,19H,7-12H2,1-2H3;1H. The highest BCUT2D eigenvalue weighted by Crippen LogP contribution is 2.33. The second-order valence-electron chi connectivity index (χ2n) is 6.45. The summed E-state index contributed by atoms with van der Waals surface area (Å²) in [5, 5.41) is 3.31. The number of anilines is 1. The molecule has 1 aromatic carbocycles. The molecular weight excluding hydrogens is 342 g/mol. The van der Waals surface area contributed by atoms with Gasteiger partial charge in [0.15, 0.2) is 6.10 Å². The molecule has 1 atom stereocenters. The number of piperidine rings is 1. The Morgan fingerprint density at radius 2 is 2.00 bits per heavy atom. The molecule has 25 heavy (non-hydrogen) atoms. The molecule has 0 bridgehead atoms. The van der Waals surface area contributed by atoms with Gasteiger partial charge >= 0.3 is 0 Å². The number of carbonyl (C=O) groups is 2. The molecule has 2 heterocycles. The normalized spacial score (nSPS) is 20.3. The van der Waals surface area contributed by atoms with Gasteiger partial charge in [0.05, 0.1) is 5.69 Å². The highest BCUT2D eigenvalue weighted by molar-refractivity contribution is 6.00. The lowest BCUT2D eigenvalue weighted by Gasteiger charge is -2.34. The molecule has 7 heteroatoms. The maximum Gasteiger partial charge on any atom is 0.267 e. The van der Waals surface area contributed by atoms with Gasteiger partial charge in [-0.25, -0.2) is 0 Å². The van der Waals surface area contributed by atoms with E-state index >= 15 is 0 Å². The summed E-state index contributed by atoms with van der Waals surface area (Å²) in [5.41, 5.74) is 0.748. The molecule has 138 valence electrons. The van der Waals surface area contributed by atoms with Gasteiger partial charge < -0.3 is 19.9 Å². The number of carbonyl (C=O) groups excluding carboxylic acids is 2. The second kappa shape index (κ2) is 8.54. The first-order valence-corrected chi connectivity index (χ1v) is 8.61. The molecule has 1 N–H and O–H groups in total. The molecule has 1 unspecified atom stereocenters. The number of hydrogen-bond donors (Lipinski definition) is 1. The zero-order valence-corrected chi connectivity index (χ0v) is 15.6. The van der Waals surface area contributed by atoms with Crippen molar-refractivity contribution in [1.29, 1.82) is 0 Å². The lowest BCUT2D eigenvalue weighted by molar-refractivity contribution is -0.132. The fraction of sp³-hybridized carbons (Fsp3) is 0.556. The summed E-state index contributed by atoms with van der Waals surface area (Å²) in [6.45, 7) is 4.04. The van der Waals surface area contributed by atoms with Crippen molar-refractivity contribution in [3.63, 3.8) is 0 Å². The Hall–Kier alpha value is -1.79. The van der Waals surface area contributed by atoms with Crippen molar-refractivity contribution in [1.82, 2.24) is 10.2 Å². The second-order valence-corrected chi connectivity index (χ2v) is 6.45. The van der Waals surface area contributed by atoms with Crippen LogP contribution in [0.5, 0.6) is 5.75 Å². The molecule has 6 nitrogen and oxygen atoms in total. The van der Waals surface area contributed by atoms with Crippen LogP contribution in [0, 0.1) is 0 Å². The van der Waals surface area contributed by atoms with E-state index in [2.05, 4.69) is 5.32 Å². The van der Waals surface area contributed by atoms with Gasteiger partial charge in [-0.15, -0.1) is 12.4 Å². The number of amides is 2. The quantitative estimate of drug-likeness (QED) is 0.881. The fourth-order valence-corrected chi connectivity index (χ4v) is 3.37. The van der Waals surface area contributed by atoms with Gasteiger partial charge in [-0.3, -0.25) is 9.59 Å². The van der Waals surface area contributed by atoms with E-state index in [-0.39, 0.29) is 24.2 Å². The summed E-state index contributed by atoms with van der Waals surface area (Å²) < 4.78 is 5.63. The molecule has 0 aromatic heterocycles. The third-order valence-electron chi connectivity index (χ3n) is 4.87. The summed E-state index contributed by atoms with van der Waals surface area (Å²) in [4.78, 5) is 28.5. The Morgan fingerprint density at radius 1 is 1.32 bits per heavy atom. The molecule has 0 saturated carbocycles. The zero-order chi connectivity index (χ0) is 17.1. The highest BCUT2D eigenvalue weighted by Gasteiger charge is 2.32. The number of nitrogens with one attached hydrogen (secondary N) is 1. The SMILES string of the molecule is CC1Oc2ccccc2N(CCC(=O)N(C)C2CCNCC2)C1=O.Cl. The Bertz CT molecular complexity index is 619. The first-order valence-electron chi connectivity index (χ1n) is 8.61. The van der Waals surface area contributed by atoms with E-state index in [1.165, 1.54) is 0 Å². The molecule has 3 rings (SSSR count).